The van der Waals surface area contributed by atoms with Gasteiger partial charge in [0.15, 0.2) is 0 Å². The number of rotatable bonds is 6. The van der Waals surface area contributed by atoms with Crippen molar-refractivity contribution in [2.24, 2.45) is 0 Å². The van der Waals surface area contributed by atoms with Crippen LogP contribution < -0.4 is 0 Å². The van der Waals surface area contributed by atoms with Crippen LogP contribution in [0.25, 0.3) is 0 Å². The fourth-order valence-corrected chi connectivity index (χ4v) is 2.09. The van der Waals surface area contributed by atoms with Crippen molar-refractivity contribution in [3.63, 3.8) is 0 Å². The first kappa shape index (κ1) is 19.6. The Morgan fingerprint density at radius 3 is 1.41 bits per heavy atom. The minimum Gasteiger partial charge on any atom is -0.507 e. The Morgan fingerprint density at radius 1 is 0.667 bits per heavy atom. The zero-order valence-corrected chi connectivity index (χ0v) is 14.1. The molecule has 27 heavy (non-hydrogen) atoms. The Balaban J connectivity index is 1.75. The van der Waals surface area contributed by atoms with Crippen molar-refractivity contribution < 1.29 is 38.9 Å². The molecule has 2 aromatic rings. The molecule has 0 saturated heterocycles. The van der Waals surface area contributed by atoms with Crippen molar-refractivity contribution in [2.75, 3.05) is 0 Å². The Labute approximate surface area is 154 Å². The summed E-state index contributed by atoms with van der Waals surface area (Å²) in [5.74, 6) is -4.42. The van der Waals surface area contributed by atoms with Gasteiger partial charge in [0.05, 0.1) is 0 Å². The van der Waals surface area contributed by atoms with E-state index in [1.165, 1.54) is 48.5 Å². The number of hydrogen-bond donors (Lipinski definition) is 2. The number of hydrogen-bond acceptors (Lipinski definition) is 8. The van der Waals surface area contributed by atoms with Crippen molar-refractivity contribution in [1.29, 1.82) is 0 Å². The first-order valence-corrected chi connectivity index (χ1v) is 7.94. The number of carbonyl (C=O) groups excluding carboxylic acids is 4. The zero-order valence-electron chi connectivity index (χ0n) is 14.1. The summed E-state index contributed by atoms with van der Waals surface area (Å²) in [6, 6.07) is 11.2. The van der Waals surface area contributed by atoms with Gasteiger partial charge in [-0.1, -0.05) is 24.3 Å². The van der Waals surface area contributed by atoms with Gasteiger partial charge in [0.2, 0.25) is 0 Å². The van der Waals surface area contributed by atoms with E-state index in [4.69, 9.17) is 0 Å². The molecule has 0 aliphatic heterocycles. The molecule has 8 heteroatoms. The highest BCUT2D eigenvalue weighted by Crippen LogP contribution is 2.18. The van der Waals surface area contributed by atoms with Gasteiger partial charge in [-0.05, 0) is 30.7 Å². The number of phenols is 2. The van der Waals surface area contributed by atoms with Gasteiger partial charge < -0.3 is 19.7 Å². The smallest absolute Gasteiger partial charge is 0.349 e. The van der Waals surface area contributed by atoms with Crippen LogP contribution >= 0.6 is 0 Å². The lowest BCUT2D eigenvalue weighted by atomic mass is 10.2. The largest absolute Gasteiger partial charge is 0.507 e. The van der Waals surface area contributed by atoms with Crippen molar-refractivity contribution in [3.8, 4) is 11.5 Å². The summed E-state index contributed by atoms with van der Waals surface area (Å²) >= 11 is 0. The number of ether oxygens (including phenoxy) is 2. The van der Waals surface area contributed by atoms with Gasteiger partial charge in [0.1, 0.15) is 22.6 Å². The molecule has 2 N–H and O–H groups in total. The summed E-state index contributed by atoms with van der Waals surface area (Å²) in [5.41, 5.74) is -0.308. The Bertz CT molecular complexity index is 800. The molecule has 2 aromatic carbocycles. The SMILES string of the molecule is O=C(CCCC(=O)OC(=O)c1ccccc1O)OC(=O)c1ccccc1O. The topological polar surface area (TPSA) is 127 Å². The lowest BCUT2D eigenvalue weighted by molar-refractivity contribution is -0.139. The molecule has 0 heterocycles. The monoisotopic (exact) mass is 372 g/mol. The second-order valence-electron chi connectivity index (χ2n) is 5.41. The molecule has 0 radical (unpaired) electrons. The quantitative estimate of drug-likeness (QED) is 0.584. The third kappa shape index (κ3) is 5.67. The molecule has 0 aliphatic carbocycles. The Hall–Kier alpha value is -3.68. The lowest BCUT2D eigenvalue weighted by Gasteiger charge is -2.05. The molecule has 140 valence electrons. The van der Waals surface area contributed by atoms with Crippen LogP contribution in [0.4, 0.5) is 0 Å². The highest BCUT2D eigenvalue weighted by Gasteiger charge is 2.18. The summed E-state index contributed by atoms with van der Waals surface area (Å²) in [7, 11) is 0. The molecule has 0 unspecified atom stereocenters. The second kappa shape index (κ2) is 9.14. The van der Waals surface area contributed by atoms with E-state index >= 15 is 0 Å². The molecule has 0 atom stereocenters. The minimum atomic E-state index is -1.00. The molecule has 8 nitrogen and oxygen atoms in total. The van der Waals surface area contributed by atoms with E-state index in [0.717, 1.165) is 0 Å². The van der Waals surface area contributed by atoms with Crippen LogP contribution in [-0.4, -0.2) is 34.1 Å². The summed E-state index contributed by atoms with van der Waals surface area (Å²) in [6.45, 7) is 0. The Morgan fingerprint density at radius 2 is 1.04 bits per heavy atom. The number of para-hydroxylation sites is 2. The van der Waals surface area contributed by atoms with Gasteiger partial charge in [-0.2, -0.15) is 0 Å². The average molecular weight is 372 g/mol. The standard InChI is InChI=1S/C19H16O8/c20-14-8-3-1-6-12(14)18(24)26-16(22)10-5-11-17(23)27-19(25)13-7-2-4-9-15(13)21/h1-4,6-9,20-21H,5,10-11H2. The number of benzene rings is 2. The van der Waals surface area contributed by atoms with Crippen LogP contribution in [0, 0.1) is 0 Å². The average Bonchev–Trinajstić information content (AvgIpc) is 2.62. The molecule has 0 aliphatic rings. The van der Waals surface area contributed by atoms with Crippen molar-refractivity contribution in [2.45, 2.75) is 19.3 Å². The maximum absolute atomic E-state index is 11.7. The summed E-state index contributed by atoms with van der Waals surface area (Å²) in [6.07, 6.45) is -0.543. The molecule has 0 spiro atoms. The van der Waals surface area contributed by atoms with E-state index < -0.39 is 23.9 Å². The maximum Gasteiger partial charge on any atom is 0.349 e. The van der Waals surface area contributed by atoms with E-state index in [1.54, 1.807) is 0 Å². The van der Waals surface area contributed by atoms with Crippen molar-refractivity contribution in [3.05, 3.63) is 59.7 Å². The van der Waals surface area contributed by atoms with Crippen molar-refractivity contribution >= 4 is 23.9 Å². The van der Waals surface area contributed by atoms with Crippen LogP contribution in [0.3, 0.4) is 0 Å². The number of esters is 4. The number of aromatic hydroxyl groups is 2. The van der Waals surface area contributed by atoms with E-state index in [9.17, 15) is 29.4 Å². The second-order valence-corrected chi connectivity index (χ2v) is 5.41. The fraction of sp³-hybridized carbons (Fsp3) is 0.158. The van der Waals surface area contributed by atoms with E-state index in [1.807, 2.05) is 0 Å². The van der Waals surface area contributed by atoms with Crippen molar-refractivity contribution in [1.82, 2.24) is 0 Å². The van der Waals surface area contributed by atoms with E-state index in [-0.39, 0.29) is 41.9 Å². The molecular weight excluding hydrogens is 356 g/mol. The summed E-state index contributed by atoms with van der Waals surface area (Å²) in [5, 5.41) is 19.0. The molecule has 0 fully saturated rings. The molecule has 0 aromatic heterocycles. The highest BCUT2D eigenvalue weighted by atomic mass is 16.6. The first-order valence-electron chi connectivity index (χ1n) is 7.94. The molecular formula is C19H16O8. The Kier molecular flexibility index (Phi) is 6.65. The van der Waals surface area contributed by atoms with Crippen LogP contribution in [0.5, 0.6) is 11.5 Å². The van der Waals surface area contributed by atoms with Gasteiger partial charge >= 0.3 is 23.9 Å². The normalized spacial score (nSPS) is 10.1. The zero-order chi connectivity index (χ0) is 19.8. The summed E-state index contributed by atoms with van der Waals surface area (Å²) < 4.78 is 9.15. The summed E-state index contributed by atoms with van der Waals surface area (Å²) in [4.78, 5) is 46.8. The van der Waals surface area contributed by atoms with Gasteiger partial charge in [-0.25, -0.2) is 9.59 Å². The van der Waals surface area contributed by atoms with Gasteiger partial charge in [0, 0.05) is 12.8 Å². The predicted molar refractivity (Wildman–Crippen MR) is 90.9 cm³/mol. The molecule has 0 saturated carbocycles. The van der Waals surface area contributed by atoms with E-state index in [2.05, 4.69) is 9.47 Å². The predicted octanol–water partition coefficient (Wildman–Crippen LogP) is 2.34. The maximum atomic E-state index is 11.7. The van der Waals surface area contributed by atoms with Gasteiger partial charge in [-0.3, -0.25) is 9.59 Å². The third-order valence-electron chi connectivity index (χ3n) is 3.42. The van der Waals surface area contributed by atoms with E-state index in [0.29, 0.717) is 0 Å². The first-order chi connectivity index (χ1) is 12.9. The van der Waals surface area contributed by atoms with Gasteiger partial charge in [0.25, 0.3) is 0 Å². The molecule has 2 rings (SSSR count). The van der Waals surface area contributed by atoms with Crippen LogP contribution in [0.1, 0.15) is 40.0 Å². The van der Waals surface area contributed by atoms with Crippen LogP contribution in [0.2, 0.25) is 0 Å². The number of phenolic OH excluding ortho intramolecular Hbond substituents is 2. The van der Waals surface area contributed by atoms with Gasteiger partial charge in [-0.15, -0.1) is 0 Å². The number of carbonyl (C=O) groups is 4. The minimum absolute atomic E-state index is 0.0141. The third-order valence-corrected chi connectivity index (χ3v) is 3.42. The lowest BCUT2D eigenvalue weighted by Crippen LogP contribution is -2.15. The molecule has 0 amide bonds. The molecule has 0 bridgehead atoms. The van der Waals surface area contributed by atoms with Crippen LogP contribution in [-0.2, 0) is 19.1 Å². The highest BCUT2D eigenvalue weighted by molar-refractivity contribution is 5.99. The van der Waals surface area contributed by atoms with Crippen LogP contribution in [0.15, 0.2) is 48.5 Å². The fourth-order valence-electron chi connectivity index (χ4n) is 2.09.